The van der Waals surface area contributed by atoms with Gasteiger partial charge in [-0.1, -0.05) is 6.07 Å². The van der Waals surface area contributed by atoms with Crippen LogP contribution in [0.3, 0.4) is 0 Å². The number of carbonyl (C=O) groups is 2. The Balaban J connectivity index is 1.65. The quantitative estimate of drug-likeness (QED) is 0.810. The molecule has 2 saturated heterocycles. The van der Waals surface area contributed by atoms with Crippen LogP contribution in [0.1, 0.15) is 6.42 Å². The van der Waals surface area contributed by atoms with E-state index >= 15 is 0 Å². The maximum atomic E-state index is 13.2. The van der Waals surface area contributed by atoms with Gasteiger partial charge in [0, 0.05) is 33.1 Å². The number of benzene rings is 1. The Morgan fingerprint density at radius 3 is 2.62 bits per heavy atom. The maximum Gasteiger partial charge on any atom is 0.243 e. The van der Waals surface area contributed by atoms with Crippen molar-refractivity contribution in [3.8, 4) is 0 Å². The second-order valence-corrected chi connectivity index (χ2v) is 7.93. The number of likely N-dealkylation sites (tertiary alicyclic amines) is 1. The molecule has 1 aromatic carbocycles. The molecule has 9 heteroatoms. The van der Waals surface area contributed by atoms with Gasteiger partial charge in [0.2, 0.25) is 21.8 Å². The van der Waals surface area contributed by atoms with Crippen molar-refractivity contribution in [1.29, 1.82) is 0 Å². The molecule has 3 rings (SSSR count). The van der Waals surface area contributed by atoms with Crippen LogP contribution in [0.2, 0.25) is 0 Å². The fraction of sp³-hybridized carbons (Fsp3) is 0.467. The number of carbonyl (C=O) groups excluding carboxylic acids is 2. The topological polar surface area (TPSA) is 86.8 Å². The molecule has 2 aliphatic heterocycles. The molecule has 0 aliphatic carbocycles. The summed E-state index contributed by atoms with van der Waals surface area (Å²) in [4.78, 5) is 25.1. The van der Waals surface area contributed by atoms with E-state index in [4.69, 9.17) is 0 Å². The first-order valence-electron chi connectivity index (χ1n) is 7.59. The molecule has 0 spiro atoms. The van der Waals surface area contributed by atoms with Gasteiger partial charge in [-0.2, -0.15) is 4.31 Å². The van der Waals surface area contributed by atoms with Crippen LogP contribution in [0.25, 0.3) is 0 Å². The van der Waals surface area contributed by atoms with Gasteiger partial charge in [0.1, 0.15) is 5.82 Å². The molecule has 2 amide bonds. The summed E-state index contributed by atoms with van der Waals surface area (Å²) in [6, 6.07) is 4.60. The second kappa shape index (κ2) is 6.14. The van der Waals surface area contributed by atoms with Crippen LogP contribution in [-0.4, -0.2) is 62.2 Å². The average Bonchev–Trinajstić information content (AvgIpc) is 2.86. The lowest BCUT2D eigenvalue weighted by molar-refractivity contribution is -0.132. The van der Waals surface area contributed by atoms with E-state index in [1.807, 2.05) is 0 Å². The molecule has 1 unspecified atom stereocenters. The van der Waals surface area contributed by atoms with Crippen LogP contribution >= 0.6 is 0 Å². The molecule has 1 atom stereocenters. The predicted molar refractivity (Wildman–Crippen MR) is 82.8 cm³/mol. The Hall–Kier alpha value is -2.00. The normalized spacial score (nSPS) is 22.5. The van der Waals surface area contributed by atoms with Gasteiger partial charge >= 0.3 is 0 Å². The molecule has 7 nitrogen and oxygen atoms in total. The van der Waals surface area contributed by atoms with Gasteiger partial charge in [-0.25, -0.2) is 12.8 Å². The van der Waals surface area contributed by atoms with E-state index in [0.717, 1.165) is 6.07 Å². The van der Waals surface area contributed by atoms with Crippen LogP contribution in [0.4, 0.5) is 4.39 Å². The first-order chi connectivity index (χ1) is 11.3. The lowest BCUT2D eigenvalue weighted by Gasteiger charge is -2.42. The summed E-state index contributed by atoms with van der Waals surface area (Å²) in [6.07, 6.45) is 0.146. The van der Waals surface area contributed by atoms with E-state index in [9.17, 15) is 22.4 Å². The molecule has 1 aromatic rings. The largest absolute Gasteiger partial charge is 0.359 e. The fourth-order valence-corrected chi connectivity index (χ4v) is 4.60. The molecule has 2 aliphatic rings. The number of sulfonamides is 1. The summed E-state index contributed by atoms with van der Waals surface area (Å²) >= 11 is 0. The summed E-state index contributed by atoms with van der Waals surface area (Å²) in [5.41, 5.74) is 0. The lowest BCUT2D eigenvalue weighted by atomic mass is 10.1. The molecule has 0 aromatic heterocycles. The number of hydrogen-bond donors (Lipinski definition) is 1. The molecule has 24 heavy (non-hydrogen) atoms. The summed E-state index contributed by atoms with van der Waals surface area (Å²) in [7, 11) is -2.24. The Kier molecular flexibility index (Phi) is 4.31. The van der Waals surface area contributed by atoms with Crippen LogP contribution in [0.5, 0.6) is 0 Å². The van der Waals surface area contributed by atoms with Crippen molar-refractivity contribution in [1.82, 2.24) is 14.5 Å². The lowest BCUT2D eigenvalue weighted by Crippen LogP contribution is -2.61. The van der Waals surface area contributed by atoms with Gasteiger partial charge in [-0.15, -0.1) is 0 Å². The molecule has 2 heterocycles. The minimum atomic E-state index is -3.76. The minimum Gasteiger partial charge on any atom is -0.359 e. The van der Waals surface area contributed by atoms with Gasteiger partial charge in [0.15, 0.2) is 0 Å². The smallest absolute Gasteiger partial charge is 0.243 e. The minimum absolute atomic E-state index is 0.100. The Labute approximate surface area is 139 Å². The van der Waals surface area contributed by atoms with Crippen LogP contribution in [0, 0.1) is 11.7 Å². The highest BCUT2D eigenvalue weighted by molar-refractivity contribution is 7.89. The second-order valence-electron chi connectivity index (χ2n) is 5.99. The van der Waals surface area contributed by atoms with Crippen LogP contribution < -0.4 is 5.32 Å². The van der Waals surface area contributed by atoms with Crippen molar-refractivity contribution in [3.63, 3.8) is 0 Å². The number of rotatable bonds is 4. The molecule has 130 valence electrons. The van der Waals surface area contributed by atoms with E-state index in [1.54, 1.807) is 4.90 Å². The zero-order chi connectivity index (χ0) is 17.5. The fourth-order valence-electron chi connectivity index (χ4n) is 3.05. The predicted octanol–water partition coefficient (Wildman–Crippen LogP) is -0.207. The molecular formula is C15H18FN3O4S. The Morgan fingerprint density at radius 2 is 2.00 bits per heavy atom. The molecular weight excluding hydrogens is 337 g/mol. The average molecular weight is 355 g/mol. The van der Waals surface area contributed by atoms with Crippen LogP contribution in [0.15, 0.2) is 29.2 Å². The van der Waals surface area contributed by atoms with Gasteiger partial charge in [0.25, 0.3) is 0 Å². The third-order valence-corrected chi connectivity index (χ3v) is 6.31. The monoisotopic (exact) mass is 355 g/mol. The molecule has 0 bridgehead atoms. The van der Waals surface area contributed by atoms with Crippen molar-refractivity contribution >= 4 is 21.8 Å². The summed E-state index contributed by atoms with van der Waals surface area (Å²) in [5.74, 6) is -1.33. The number of nitrogens with zero attached hydrogens (tertiary/aromatic N) is 2. The van der Waals surface area contributed by atoms with Crippen molar-refractivity contribution in [3.05, 3.63) is 30.1 Å². The van der Waals surface area contributed by atoms with Crippen molar-refractivity contribution in [2.45, 2.75) is 17.4 Å². The van der Waals surface area contributed by atoms with Crippen molar-refractivity contribution in [2.75, 3.05) is 26.7 Å². The Morgan fingerprint density at radius 1 is 1.29 bits per heavy atom. The zero-order valence-corrected chi connectivity index (χ0v) is 13.9. The van der Waals surface area contributed by atoms with E-state index < -0.39 is 21.8 Å². The third kappa shape index (κ3) is 2.89. The van der Waals surface area contributed by atoms with Gasteiger partial charge < -0.3 is 10.2 Å². The molecule has 0 radical (unpaired) electrons. The van der Waals surface area contributed by atoms with E-state index in [0.29, 0.717) is 6.54 Å². The standard InChI is InChI=1S/C15H18FN3O4S/c1-17-15(21)10-5-14(20)19(7-10)12-8-18(9-12)24(22,23)13-4-2-3-11(16)6-13/h2-4,6,10,12H,5,7-9H2,1H3,(H,17,21). The van der Waals surface area contributed by atoms with Crippen LogP contribution in [-0.2, 0) is 19.6 Å². The molecule has 0 saturated carbocycles. The number of hydrogen-bond acceptors (Lipinski definition) is 4. The number of nitrogens with one attached hydrogen (secondary N) is 1. The molecule has 2 fully saturated rings. The summed E-state index contributed by atoms with van der Waals surface area (Å²) < 4.78 is 39.3. The van der Waals surface area contributed by atoms with Gasteiger partial charge in [-0.3, -0.25) is 9.59 Å². The van der Waals surface area contributed by atoms with Gasteiger partial charge in [0.05, 0.1) is 16.9 Å². The number of halogens is 1. The summed E-state index contributed by atoms with van der Waals surface area (Å²) in [6.45, 7) is 0.618. The van der Waals surface area contributed by atoms with Crippen molar-refractivity contribution < 1.29 is 22.4 Å². The first kappa shape index (κ1) is 16.8. The van der Waals surface area contributed by atoms with E-state index in [-0.39, 0.29) is 42.3 Å². The zero-order valence-electron chi connectivity index (χ0n) is 13.1. The Bertz CT molecular complexity index is 777. The van der Waals surface area contributed by atoms with E-state index in [2.05, 4.69) is 5.32 Å². The van der Waals surface area contributed by atoms with E-state index in [1.165, 1.54) is 29.6 Å². The summed E-state index contributed by atoms with van der Waals surface area (Å²) in [5, 5.41) is 2.52. The number of amides is 2. The first-order valence-corrected chi connectivity index (χ1v) is 9.03. The van der Waals surface area contributed by atoms with Gasteiger partial charge in [-0.05, 0) is 18.2 Å². The third-order valence-electron chi connectivity index (χ3n) is 4.48. The van der Waals surface area contributed by atoms with Crippen molar-refractivity contribution in [2.24, 2.45) is 5.92 Å². The maximum absolute atomic E-state index is 13.2. The highest BCUT2D eigenvalue weighted by Gasteiger charge is 2.45. The highest BCUT2D eigenvalue weighted by atomic mass is 32.2. The molecule has 1 N–H and O–H groups in total. The SMILES string of the molecule is CNC(=O)C1CC(=O)N(C2CN(S(=O)(=O)c3cccc(F)c3)C2)C1. The highest BCUT2D eigenvalue weighted by Crippen LogP contribution is 2.29.